The van der Waals surface area contributed by atoms with Crippen molar-refractivity contribution in [3.05, 3.63) is 81.9 Å². The molecular formula is C52H77N9O16. The van der Waals surface area contributed by atoms with E-state index in [4.69, 9.17) is 29.4 Å². The molecule has 0 saturated heterocycles. The summed E-state index contributed by atoms with van der Waals surface area (Å²) in [4.78, 5) is 130. The summed E-state index contributed by atoms with van der Waals surface area (Å²) in [5.74, 6) is -5.50. The maximum atomic E-state index is 13.2. The summed E-state index contributed by atoms with van der Waals surface area (Å²) in [5, 5.41) is 22.5. The average molecular weight is 1080 g/mol. The van der Waals surface area contributed by atoms with Gasteiger partial charge in [-0.15, -0.1) is 0 Å². The summed E-state index contributed by atoms with van der Waals surface area (Å²) in [7, 11) is 0. The second-order valence-corrected chi connectivity index (χ2v) is 19.5. The van der Waals surface area contributed by atoms with Crippen LogP contribution in [0.5, 0.6) is 0 Å². The molecule has 0 bridgehead atoms. The zero-order chi connectivity index (χ0) is 57.5. The highest BCUT2D eigenvalue weighted by Crippen LogP contribution is 2.19. The van der Waals surface area contributed by atoms with Gasteiger partial charge in [0.1, 0.15) is 48.9 Å². The molecule has 77 heavy (non-hydrogen) atoms. The van der Waals surface area contributed by atoms with Gasteiger partial charge < -0.3 is 56.0 Å². The van der Waals surface area contributed by atoms with Crippen molar-refractivity contribution in [3.8, 4) is 0 Å². The zero-order valence-electron chi connectivity index (χ0n) is 45.2. The Kier molecular flexibility index (Phi) is 29.4. The molecule has 2 rings (SSSR count). The van der Waals surface area contributed by atoms with E-state index < -0.39 is 107 Å². The van der Waals surface area contributed by atoms with Gasteiger partial charge in [0.2, 0.25) is 17.7 Å². The van der Waals surface area contributed by atoms with Crippen LogP contribution in [0.4, 0.5) is 9.59 Å². The number of nitrogens with two attached hydrogens (primary N) is 1. The Morgan fingerprint density at radius 1 is 0.649 bits per heavy atom. The Balaban J connectivity index is 1.79. The lowest BCUT2D eigenvalue weighted by molar-refractivity contribution is -0.525. The number of nitrogens with one attached hydrogen (secondary N) is 6. The maximum Gasteiger partial charge on any atom is 0.408 e. The molecule has 2 aromatic carbocycles. The predicted molar refractivity (Wildman–Crippen MR) is 279 cm³/mol. The quantitative estimate of drug-likeness (QED) is 0.0101. The average Bonchev–Trinajstić information content (AvgIpc) is 3.32. The summed E-state index contributed by atoms with van der Waals surface area (Å²) < 4.78 is 26.9. The molecule has 0 aliphatic carbocycles. The molecule has 426 valence electrons. The first-order valence-corrected chi connectivity index (χ1v) is 25.4. The summed E-state index contributed by atoms with van der Waals surface area (Å²) in [5.41, 5.74) is 7.85. The number of hydrogen-bond acceptors (Lipinski definition) is 17. The van der Waals surface area contributed by atoms with Crippen LogP contribution in [0.1, 0.15) is 131 Å². The van der Waals surface area contributed by atoms with E-state index >= 15 is 0 Å². The number of aliphatic imine (C=N–C) groups is 1. The number of nitrogens with zero attached hydrogens (tertiary/aromatic N) is 2. The number of hydrazine groups is 1. The molecule has 25 nitrogen and oxygen atoms in total. The largest absolute Gasteiger partial charge is 0.462 e. The fraction of sp³-hybridized carbons (Fsp3) is 0.577. The Bertz CT molecular complexity index is 2280. The summed E-state index contributed by atoms with van der Waals surface area (Å²) in [6.45, 7) is 12.8. The van der Waals surface area contributed by atoms with Crippen LogP contribution in [0, 0.1) is 16.0 Å². The summed E-state index contributed by atoms with van der Waals surface area (Å²) in [6, 6.07) is 14.5. The number of ketones is 1. The Morgan fingerprint density at radius 3 is 1.78 bits per heavy atom. The number of unbranched alkanes of at least 4 members (excludes halogenated alkanes) is 1. The molecular weight excluding hydrogens is 1010 g/mol. The molecule has 0 aliphatic rings. The van der Waals surface area contributed by atoms with E-state index in [1.54, 1.807) is 40.0 Å². The van der Waals surface area contributed by atoms with Crippen LogP contribution in [0.15, 0.2) is 65.7 Å². The number of carbonyl (C=O) groups excluding carboxylic acids is 9. The van der Waals surface area contributed by atoms with Gasteiger partial charge in [0, 0.05) is 38.0 Å². The van der Waals surface area contributed by atoms with Crippen molar-refractivity contribution in [2.75, 3.05) is 13.1 Å². The number of hydrogen-bond donors (Lipinski definition) is 7. The molecule has 0 saturated carbocycles. The Labute approximate surface area is 448 Å². The number of amides is 5. The van der Waals surface area contributed by atoms with E-state index in [9.17, 15) is 53.3 Å². The normalized spacial score (nSPS) is 14.0. The molecule has 0 aliphatic heterocycles. The van der Waals surface area contributed by atoms with Crippen molar-refractivity contribution in [1.29, 1.82) is 0 Å². The van der Waals surface area contributed by atoms with Crippen molar-refractivity contribution >= 4 is 59.6 Å². The number of nitro groups is 1. The maximum absolute atomic E-state index is 13.2. The molecule has 0 fully saturated rings. The number of carbonyl (C=O) groups is 9. The second-order valence-electron chi connectivity index (χ2n) is 19.5. The van der Waals surface area contributed by atoms with Crippen molar-refractivity contribution in [2.24, 2.45) is 16.6 Å². The predicted octanol–water partition coefficient (Wildman–Crippen LogP) is 4.11. The first-order valence-electron chi connectivity index (χ1n) is 25.4. The van der Waals surface area contributed by atoms with Crippen LogP contribution in [0.2, 0.25) is 0 Å². The second kappa shape index (κ2) is 34.7. The molecule has 8 N–H and O–H groups in total. The third kappa shape index (κ3) is 30.9. The van der Waals surface area contributed by atoms with E-state index in [0.717, 1.165) is 11.1 Å². The van der Waals surface area contributed by atoms with Gasteiger partial charge in [0.05, 0.1) is 25.2 Å². The van der Waals surface area contributed by atoms with Gasteiger partial charge in [-0.3, -0.25) is 33.6 Å². The third-order valence-corrected chi connectivity index (χ3v) is 10.8. The number of Topliss-reactive ketones (excluding diaryl/α,β-unsaturated/α-hetero) is 1. The zero-order valence-corrected chi connectivity index (χ0v) is 45.2. The van der Waals surface area contributed by atoms with Crippen LogP contribution in [-0.4, -0.2) is 120 Å². The fourth-order valence-electron chi connectivity index (χ4n) is 7.22. The molecule has 0 radical (unpaired) electrons. The van der Waals surface area contributed by atoms with E-state index in [0.29, 0.717) is 25.8 Å². The minimum absolute atomic E-state index is 0.0106. The van der Waals surface area contributed by atoms with Crippen LogP contribution in [0.3, 0.4) is 0 Å². The fourth-order valence-corrected chi connectivity index (χ4v) is 7.22. The SMILES string of the molecule is C[C@H](CC(=O)C[C@@H](CCCCNC(=O)OCc1ccccc1)C(=O)OCc1ccccc1)OC(=O)C[C@H](C)NC(=O)C[C@@H](C)OC(=O)C[C@H](C)NC(=O)[C@H](C)NC(=O)[C@H](CCCN=C(N)N[N+](=O)[O-])NC(=O)OC(C)(C)C. The molecule has 0 aromatic heterocycles. The molecule has 7 atom stereocenters. The highest BCUT2D eigenvalue weighted by molar-refractivity contribution is 5.91. The van der Waals surface area contributed by atoms with Crippen LogP contribution < -0.4 is 37.7 Å². The molecule has 5 amide bonds. The van der Waals surface area contributed by atoms with E-state index in [2.05, 4.69) is 31.6 Å². The number of ether oxygens (including phenoxy) is 5. The van der Waals surface area contributed by atoms with Gasteiger partial charge in [-0.2, -0.15) is 0 Å². The summed E-state index contributed by atoms with van der Waals surface area (Å²) in [6.07, 6.45) is -2.93. The van der Waals surface area contributed by atoms with Crippen molar-refractivity contribution < 1.29 is 71.9 Å². The number of guanidine groups is 1. The van der Waals surface area contributed by atoms with Crippen molar-refractivity contribution in [1.82, 2.24) is 32.0 Å². The highest BCUT2D eigenvalue weighted by atomic mass is 16.7. The molecule has 25 heteroatoms. The van der Waals surface area contributed by atoms with E-state index in [-0.39, 0.29) is 70.5 Å². The van der Waals surface area contributed by atoms with Crippen molar-refractivity contribution in [3.63, 3.8) is 0 Å². The minimum Gasteiger partial charge on any atom is -0.462 e. The van der Waals surface area contributed by atoms with Gasteiger partial charge in [-0.05, 0) is 92.2 Å². The smallest absolute Gasteiger partial charge is 0.408 e. The lowest BCUT2D eigenvalue weighted by Gasteiger charge is -2.24. The number of esters is 3. The van der Waals surface area contributed by atoms with Crippen LogP contribution >= 0.6 is 0 Å². The van der Waals surface area contributed by atoms with E-state index in [1.165, 1.54) is 20.8 Å². The molecule has 0 heterocycles. The monoisotopic (exact) mass is 1080 g/mol. The topological polar surface area (TPSA) is 353 Å². The number of rotatable bonds is 33. The van der Waals surface area contributed by atoms with Gasteiger partial charge in [0.25, 0.3) is 5.96 Å². The van der Waals surface area contributed by atoms with Gasteiger partial charge >= 0.3 is 30.1 Å². The van der Waals surface area contributed by atoms with Gasteiger partial charge in [-0.25, -0.2) is 24.7 Å². The summed E-state index contributed by atoms with van der Waals surface area (Å²) >= 11 is 0. The van der Waals surface area contributed by atoms with Gasteiger partial charge in [-0.1, -0.05) is 72.5 Å². The first-order chi connectivity index (χ1) is 36.3. The standard InChI is InChI=1S/C52H77N9O16/c1-33(26-44(64)75-35(3)28-41(62)30-40(48(68)73-31-38-18-11-9-12-19-38)22-15-16-24-55-50(69)74-32-39-20-13-10-14-21-39)56-43(63)29-36(4)76-45(65)27-34(2)57-46(66)37(5)58-47(67)42(59-51(70)77-52(6,7)8)23-17-25-54-49(53)60-61(71)72/h9-14,18-21,33-37,40,42H,15-17,22-32H2,1-8H3,(H,55,69)(H,56,63)(H,57,66)(H,58,67)(H,59,70)(H3,53,54,60)/t33-,34-,35+,36+,37-,40+,42-/m0/s1. The molecule has 2 aromatic rings. The lowest BCUT2D eigenvalue weighted by atomic mass is 9.94. The Hall–Kier alpha value is -7.86. The highest BCUT2D eigenvalue weighted by Gasteiger charge is 2.29. The first kappa shape index (κ1) is 65.3. The molecule has 0 unspecified atom stereocenters. The van der Waals surface area contributed by atoms with Gasteiger partial charge in [0.15, 0.2) is 5.03 Å². The van der Waals surface area contributed by atoms with Crippen LogP contribution in [-0.2, 0) is 70.5 Å². The van der Waals surface area contributed by atoms with Crippen molar-refractivity contribution in [2.45, 2.75) is 175 Å². The Morgan fingerprint density at radius 2 is 1.21 bits per heavy atom. The van der Waals surface area contributed by atoms with Crippen LogP contribution in [0.25, 0.3) is 0 Å². The minimum atomic E-state index is -1.20. The lowest BCUT2D eigenvalue weighted by Crippen LogP contribution is -2.54. The number of benzene rings is 2. The van der Waals surface area contributed by atoms with E-state index in [1.807, 2.05) is 60.7 Å². The molecule has 0 spiro atoms. The number of alkyl carbamates (subject to hydrolysis) is 2. The third-order valence-electron chi connectivity index (χ3n) is 10.8.